The molecule has 0 aliphatic heterocycles. The summed E-state index contributed by atoms with van der Waals surface area (Å²) in [4.78, 5) is 15.1. The van der Waals surface area contributed by atoms with Crippen LogP contribution in [0.25, 0.3) is 117 Å². The highest BCUT2D eigenvalue weighted by Gasteiger charge is 2.21. The summed E-state index contributed by atoms with van der Waals surface area (Å²) < 4.78 is 15.5. The van der Waals surface area contributed by atoms with Crippen molar-refractivity contribution in [2.45, 2.75) is 0 Å². The molecular weight excluding hydrogens is 701 g/mol. The fraction of sp³-hybridized carbons (Fsp3) is 0. The highest BCUT2D eigenvalue weighted by Crippen LogP contribution is 2.43. The number of hydrogen-bond acceptors (Lipinski definition) is 5. The molecule has 0 amide bonds. The van der Waals surface area contributed by atoms with Gasteiger partial charge in [-0.25, -0.2) is 15.0 Å². The van der Waals surface area contributed by atoms with Gasteiger partial charge in [0.25, 0.3) is 0 Å². The van der Waals surface area contributed by atoms with Crippen LogP contribution in [0.5, 0.6) is 0 Å². The standard InChI is InChI=1S/C51H30N4O2/c1-3-13-31(14-4-1)49-52-50(32-15-5-2-6-16-32)54-51(53-49)39-20-12-24-45-48(39)47-35(19-11-23-44(47)57-45)33-25-28-43-40(29-33)38-27-26-34(30-46(38)56-43)55-41-21-9-7-17-36(41)37-18-8-10-22-42(37)55/h1-30H. The molecule has 0 bridgehead atoms. The molecule has 266 valence electrons. The zero-order chi connectivity index (χ0) is 37.5. The number of rotatable bonds is 5. The molecule has 6 heteroatoms. The van der Waals surface area contributed by atoms with E-state index in [-0.39, 0.29) is 0 Å². The van der Waals surface area contributed by atoms with E-state index in [0.717, 1.165) is 77.4 Å². The number of hydrogen-bond donors (Lipinski definition) is 0. The molecule has 6 nitrogen and oxygen atoms in total. The Morgan fingerprint density at radius 3 is 1.56 bits per heavy atom. The molecule has 0 aliphatic carbocycles. The second-order valence-corrected chi connectivity index (χ2v) is 14.4. The molecule has 0 fully saturated rings. The molecule has 12 rings (SSSR count). The first-order chi connectivity index (χ1) is 28.2. The Morgan fingerprint density at radius 1 is 0.333 bits per heavy atom. The predicted molar refractivity (Wildman–Crippen MR) is 230 cm³/mol. The fourth-order valence-corrected chi connectivity index (χ4v) is 8.50. The number of para-hydroxylation sites is 2. The Labute approximate surface area is 325 Å². The quantitative estimate of drug-likeness (QED) is 0.176. The van der Waals surface area contributed by atoms with E-state index in [1.165, 1.54) is 21.8 Å². The number of fused-ring (bicyclic) bond motifs is 9. The highest BCUT2D eigenvalue weighted by molar-refractivity contribution is 6.18. The molecule has 0 saturated heterocycles. The first kappa shape index (κ1) is 31.5. The summed E-state index contributed by atoms with van der Waals surface area (Å²) in [5, 5.41) is 6.55. The maximum absolute atomic E-state index is 6.57. The summed E-state index contributed by atoms with van der Waals surface area (Å²) in [5.41, 5.74) is 11.5. The van der Waals surface area contributed by atoms with Crippen LogP contribution in [0.4, 0.5) is 0 Å². The minimum absolute atomic E-state index is 0.584. The normalized spacial score (nSPS) is 11.9. The Hall–Kier alpha value is -7.83. The zero-order valence-corrected chi connectivity index (χ0v) is 30.4. The van der Waals surface area contributed by atoms with Crippen molar-refractivity contribution < 1.29 is 8.83 Å². The van der Waals surface area contributed by atoms with E-state index in [4.69, 9.17) is 23.8 Å². The van der Waals surface area contributed by atoms with Gasteiger partial charge in [-0.1, -0.05) is 127 Å². The maximum Gasteiger partial charge on any atom is 0.164 e. The van der Waals surface area contributed by atoms with Gasteiger partial charge in [-0.3, -0.25) is 0 Å². The summed E-state index contributed by atoms with van der Waals surface area (Å²) in [7, 11) is 0. The molecule has 0 spiro atoms. The van der Waals surface area contributed by atoms with Crippen molar-refractivity contribution in [1.82, 2.24) is 19.5 Å². The Bertz CT molecular complexity index is 3410. The van der Waals surface area contributed by atoms with Gasteiger partial charge in [0, 0.05) is 60.8 Å². The lowest BCUT2D eigenvalue weighted by atomic mass is 9.96. The summed E-state index contributed by atoms with van der Waals surface area (Å²) in [6.45, 7) is 0. The van der Waals surface area contributed by atoms with Crippen molar-refractivity contribution in [1.29, 1.82) is 0 Å². The Morgan fingerprint density at radius 2 is 0.895 bits per heavy atom. The predicted octanol–water partition coefficient (Wildman–Crippen LogP) is 13.4. The topological polar surface area (TPSA) is 69.9 Å². The van der Waals surface area contributed by atoms with E-state index >= 15 is 0 Å². The van der Waals surface area contributed by atoms with Gasteiger partial charge in [0.05, 0.1) is 11.0 Å². The van der Waals surface area contributed by atoms with Crippen molar-refractivity contribution >= 4 is 65.7 Å². The van der Waals surface area contributed by atoms with E-state index in [1.54, 1.807) is 0 Å². The zero-order valence-electron chi connectivity index (χ0n) is 30.4. The molecular formula is C51H30N4O2. The lowest BCUT2D eigenvalue weighted by Crippen LogP contribution is -2.00. The maximum atomic E-state index is 6.57. The van der Waals surface area contributed by atoms with Crippen LogP contribution in [0.15, 0.2) is 191 Å². The summed E-state index contributed by atoms with van der Waals surface area (Å²) in [6.07, 6.45) is 0. The molecule has 4 aromatic heterocycles. The minimum Gasteiger partial charge on any atom is -0.456 e. The monoisotopic (exact) mass is 730 g/mol. The number of aromatic nitrogens is 4. The van der Waals surface area contributed by atoms with Crippen LogP contribution in [-0.4, -0.2) is 19.5 Å². The number of benzene rings is 8. The van der Waals surface area contributed by atoms with Crippen LogP contribution in [0.3, 0.4) is 0 Å². The largest absolute Gasteiger partial charge is 0.456 e. The highest BCUT2D eigenvalue weighted by atomic mass is 16.3. The van der Waals surface area contributed by atoms with E-state index in [2.05, 4.69) is 108 Å². The average molecular weight is 731 g/mol. The molecule has 8 aromatic carbocycles. The Balaban J connectivity index is 1.03. The molecule has 0 aliphatic rings. The van der Waals surface area contributed by atoms with Crippen LogP contribution < -0.4 is 0 Å². The summed E-state index contributed by atoms with van der Waals surface area (Å²) >= 11 is 0. The van der Waals surface area contributed by atoms with Crippen LogP contribution in [0.2, 0.25) is 0 Å². The third-order valence-electron chi connectivity index (χ3n) is 11.1. The third-order valence-corrected chi connectivity index (χ3v) is 11.1. The van der Waals surface area contributed by atoms with E-state index in [9.17, 15) is 0 Å². The van der Waals surface area contributed by atoms with Gasteiger partial charge >= 0.3 is 0 Å². The first-order valence-corrected chi connectivity index (χ1v) is 19.0. The second kappa shape index (κ2) is 12.3. The minimum atomic E-state index is 0.584. The smallest absolute Gasteiger partial charge is 0.164 e. The van der Waals surface area contributed by atoms with Gasteiger partial charge in [-0.05, 0) is 59.7 Å². The molecule has 0 radical (unpaired) electrons. The van der Waals surface area contributed by atoms with Crippen molar-refractivity contribution in [3.05, 3.63) is 182 Å². The molecule has 4 heterocycles. The lowest BCUT2D eigenvalue weighted by Gasteiger charge is -2.10. The van der Waals surface area contributed by atoms with E-state index in [1.807, 2.05) is 78.9 Å². The molecule has 0 N–H and O–H groups in total. The van der Waals surface area contributed by atoms with Gasteiger partial charge in [-0.2, -0.15) is 0 Å². The van der Waals surface area contributed by atoms with Crippen molar-refractivity contribution in [2.24, 2.45) is 0 Å². The fourth-order valence-electron chi connectivity index (χ4n) is 8.50. The van der Waals surface area contributed by atoms with Crippen LogP contribution in [0.1, 0.15) is 0 Å². The molecule has 0 atom stereocenters. The Kier molecular flexibility index (Phi) is 6.83. The second-order valence-electron chi connectivity index (χ2n) is 14.4. The summed E-state index contributed by atoms with van der Waals surface area (Å²) in [5.74, 6) is 1.81. The van der Waals surface area contributed by atoms with E-state index < -0.39 is 0 Å². The van der Waals surface area contributed by atoms with Gasteiger partial charge in [0.2, 0.25) is 0 Å². The van der Waals surface area contributed by atoms with Crippen LogP contribution in [-0.2, 0) is 0 Å². The lowest BCUT2D eigenvalue weighted by molar-refractivity contribution is 0.668. The number of nitrogens with zero attached hydrogens (tertiary/aromatic N) is 4. The third kappa shape index (κ3) is 4.94. The van der Waals surface area contributed by atoms with E-state index in [0.29, 0.717) is 17.5 Å². The van der Waals surface area contributed by atoms with Crippen LogP contribution >= 0.6 is 0 Å². The SMILES string of the molecule is c1ccc(-c2nc(-c3ccccc3)nc(-c3cccc4oc5cccc(-c6ccc7oc8cc(-n9c%10ccccc%10c%10ccccc%109)ccc8c7c6)c5c34)n2)cc1. The summed E-state index contributed by atoms with van der Waals surface area (Å²) in [6, 6.07) is 62.6. The van der Waals surface area contributed by atoms with Gasteiger partial charge in [0.1, 0.15) is 22.3 Å². The molecule has 0 unspecified atom stereocenters. The average Bonchev–Trinajstić information content (AvgIpc) is 3.96. The van der Waals surface area contributed by atoms with Crippen molar-refractivity contribution in [3.8, 4) is 51.0 Å². The van der Waals surface area contributed by atoms with Gasteiger partial charge in [-0.15, -0.1) is 0 Å². The van der Waals surface area contributed by atoms with Crippen molar-refractivity contribution in [3.63, 3.8) is 0 Å². The molecule has 0 saturated carbocycles. The molecule has 57 heavy (non-hydrogen) atoms. The molecule has 12 aromatic rings. The van der Waals surface area contributed by atoms with Gasteiger partial charge < -0.3 is 13.4 Å². The number of furan rings is 2. The first-order valence-electron chi connectivity index (χ1n) is 19.0. The van der Waals surface area contributed by atoms with Crippen molar-refractivity contribution in [2.75, 3.05) is 0 Å². The van der Waals surface area contributed by atoms with Crippen LogP contribution in [0, 0.1) is 0 Å². The van der Waals surface area contributed by atoms with Gasteiger partial charge in [0.15, 0.2) is 17.5 Å².